The van der Waals surface area contributed by atoms with Crippen LogP contribution in [0.25, 0.3) is 0 Å². The smallest absolute Gasteiger partial charge is 0.104 e. The normalized spacial score (nSPS) is 10.1. The number of benzene rings is 2. The van der Waals surface area contributed by atoms with Gasteiger partial charge >= 0.3 is 0 Å². The monoisotopic (exact) mass is 368 g/mol. The molecule has 0 spiro atoms. The molecule has 0 radical (unpaired) electrons. The summed E-state index contributed by atoms with van der Waals surface area (Å²) in [5.41, 5.74) is 9.80. The van der Waals surface area contributed by atoms with Gasteiger partial charge in [0.25, 0.3) is 0 Å². The average molecular weight is 368 g/mol. The van der Waals surface area contributed by atoms with Crippen molar-refractivity contribution in [2.75, 3.05) is 5.32 Å². The molecule has 0 fully saturated rings. The Morgan fingerprint density at radius 2 is 1.94 bits per heavy atom. The van der Waals surface area contributed by atoms with Crippen molar-refractivity contribution in [1.29, 1.82) is 0 Å². The van der Waals surface area contributed by atoms with Crippen molar-refractivity contribution in [3.8, 4) is 0 Å². The van der Waals surface area contributed by atoms with Crippen molar-refractivity contribution in [3.05, 3.63) is 57.2 Å². The van der Waals surface area contributed by atoms with Crippen LogP contribution in [-0.2, 0) is 0 Å². The third-order valence-corrected chi connectivity index (χ3v) is 3.81. The van der Waals surface area contributed by atoms with E-state index in [2.05, 4.69) is 46.1 Å². The summed E-state index contributed by atoms with van der Waals surface area (Å²) < 4.78 is 1.19. The average Bonchev–Trinajstić information content (AvgIpc) is 2.32. The largest absolute Gasteiger partial charge is 0.389 e. The summed E-state index contributed by atoms with van der Waals surface area (Å²) in [6.07, 6.45) is 0. The number of thiocarbonyl (C=S) groups is 1. The molecule has 0 aliphatic heterocycles. The van der Waals surface area contributed by atoms with Crippen LogP contribution < -0.4 is 11.1 Å². The van der Waals surface area contributed by atoms with Crippen LogP contribution in [0.1, 0.15) is 11.1 Å². The minimum absolute atomic E-state index is 0.438. The standard InChI is InChI=1S/C14H13IN2S/c1-9-8-10(6-7-11(9)14(16)18)17-13-5-3-2-4-12(13)15/h2-8,17H,1H3,(H2,16,18). The zero-order valence-electron chi connectivity index (χ0n) is 9.91. The summed E-state index contributed by atoms with van der Waals surface area (Å²) in [4.78, 5) is 0.438. The Balaban J connectivity index is 2.29. The van der Waals surface area contributed by atoms with Crippen molar-refractivity contribution in [3.63, 3.8) is 0 Å². The molecule has 0 amide bonds. The highest BCUT2D eigenvalue weighted by Gasteiger charge is 2.04. The quantitative estimate of drug-likeness (QED) is 0.636. The van der Waals surface area contributed by atoms with Gasteiger partial charge in [-0.15, -0.1) is 0 Å². The molecule has 0 saturated carbocycles. The van der Waals surface area contributed by atoms with Crippen LogP contribution >= 0.6 is 34.8 Å². The van der Waals surface area contributed by atoms with Crippen LogP contribution in [0.4, 0.5) is 11.4 Å². The van der Waals surface area contributed by atoms with Gasteiger partial charge in [-0.3, -0.25) is 0 Å². The molecule has 0 unspecified atom stereocenters. The van der Waals surface area contributed by atoms with E-state index in [-0.39, 0.29) is 0 Å². The van der Waals surface area contributed by atoms with Crippen LogP contribution in [0.2, 0.25) is 0 Å². The van der Waals surface area contributed by atoms with Crippen LogP contribution in [-0.4, -0.2) is 4.99 Å². The minimum Gasteiger partial charge on any atom is -0.389 e. The second-order valence-electron chi connectivity index (χ2n) is 4.00. The number of nitrogens with two attached hydrogens (primary N) is 1. The zero-order chi connectivity index (χ0) is 13.1. The molecule has 2 rings (SSSR count). The number of hydrogen-bond acceptors (Lipinski definition) is 2. The number of hydrogen-bond donors (Lipinski definition) is 2. The van der Waals surface area contributed by atoms with Crippen LogP contribution in [0.5, 0.6) is 0 Å². The van der Waals surface area contributed by atoms with E-state index in [0.29, 0.717) is 4.99 Å². The fraction of sp³-hybridized carbons (Fsp3) is 0.0714. The predicted octanol–water partition coefficient (Wildman–Crippen LogP) is 3.98. The van der Waals surface area contributed by atoms with Gasteiger partial charge in [0.15, 0.2) is 0 Å². The van der Waals surface area contributed by atoms with Gasteiger partial charge in [-0.1, -0.05) is 24.4 Å². The Bertz CT molecular complexity index is 596. The van der Waals surface area contributed by atoms with Gasteiger partial charge in [-0.2, -0.15) is 0 Å². The fourth-order valence-electron chi connectivity index (χ4n) is 1.74. The lowest BCUT2D eigenvalue weighted by Gasteiger charge is -2.11. The molecule has 3 N–H and O–H groups in total. The highest BCUT2D eigenvalue weighted by Crippen LogP contribution is 2.23. The van der Waals surface area contributed by atoms with Gasteiger partial charge in [0.2, 0.25) is 0 Å². The van der Waals surface area contributed by atoms with Gasteiger partial charge in [0.1, 0.15) is 4.99 Å². The molecule has 0 aliphatic rings. The number of rotatable bonds is 3. The van der Waals surface area contributed by atoms with Gasteiger partial charge in [-0.05, 0) is 65.4 Å². The van der Waals surface area contributed by atoms with E-state index in [9.17, 15) is 0 Å². The highest BCUT2D eigenvalue weighted by atomic mass is 127. The SMILES string of the molecule is Cc1cc(Nc2ccccc2I)ccc1C(N)=S. The Kier molecular flexibility index (Phi) is 4.19. The van der Waals surface area contributed by atoms with Crippen molar-refractivity contribution in [2.24, 2.45) is 5.73 Å². The molecular weight excluding hydrogens is 355 g/mol. The molecule has 4 heteroatoms. The Morgan fingerprint density at radius 3 is 2.56 bits per heavy atom. The van der Waals surface area contributed by atoms with E-state index in [1.165, 1.54) is 3.57 Å². The minimum atomic E-state index is 0.438. The predicted molar refractivity (Wildman–Crippen MR) is 89.5 cm³/mol. The lowest BCUT2D eigenvalue weighted by Crippen LogP contribution is -2.11. The van der Waals surface area contributed by atoms with Crippen LogP contribution in [0.3, 0.4) is 0 Å². The summed E-state index contributed by atoms with van der Waals surface area (Å²) in [5.74, 6) is 0. The third-order valence-electron chi connectivity index (χ3n) is 2.64. The van der Waals surface area contributed by atoms with E-state index < -0.39 is 0 Å². The third kappa shape index (κ3) is 3.00. The van der Waals surface area contributed by atoms with Crippen molar-refractivity contribution in [2.45, 2.75) is 6.92 Å². The molecule has 0 heterocycles. The van der Waals surface area contributed by atoms with Crippen LogP contribution in [0.15, 0.2) is 42.5 Å². The first-order valence-corrected chi connectivity index (χ1v) is 6.98. The maximum atomic E-state index is 5.65. The summed E-state index contributed by atoms with van der Waals surface area (Å²) in [5, 5.41) is 3.39. The first-order valence-electron chi connectivity index (χ1n) is 5.50. The number of halogens is 1. The van der Waals surface area contributed by atoms with E-state index in [0.717, 1.165) is 22.5 Å². The first kappa shape index (κ1) is 13.3. The molecule has 2 aromatic carbocycles. The molecule has 92 valence electrons. The topological polar surface area (TPSA) is 38.0 Å². The zero-order valence-corrected chi connectivity index (χ0v) is 12.9. The van der Waals surface area contributed by atoms with Gasteiger partial charge < -0.3 is 11.1 Å². The molecule has 0 aromatic heterocycles. The molecule has 0 atom stereocenters. The molecule has 0 aliphatic carbocycles. The van der Waals surface area contributed by atoms with E-state index in [4.69, 9.17) is 18.0 Å². The van der Waals surface area contributed by atoms with Gasteiger partial charge in [0, 0.05) is 14.8 Å². The lowest BCUT2D eigenvalue weighted by molar-refractivity contribution is 1.42. The highest BCUT2D eigenvalue weighted by molar-refractivity contribution is 14.1. The number of aryl methyl sites for hydroxylation is 1. The Hall–Kier alpha value is -1.14. The summed E-state index contributed by atoms with van der Waals surface area (Å²) in [6, 6.07) is 14.2. The van der Waals surface area contributed by atoms with Gasteiger partial charge in [0.05, 0.1) is 5.69 Å². The molecule has 0 saturated heterocycles. The first-order chi connectivity index (χ1) is 8.58. The van der Waals surface area contributed by atoms with E-state index in [1.54, 1.807) is 0 Å². The van der Waals surface area contributed by atoms with Crippen LogP contribution in [0, 0.1) is 10.5 Å². The second kappa shape index (κ2) is 5.67. The Morgan fingerprint density at radius 1 is 1.22 bits per heavy atom. The van der Waals surface area contributed by atoms with Crippen molar-refractivity contribution in [1.82, 2.24) is 0 Å². The van der Waals surface area contributed by atoms with E-state index >= 15 is 0 Å². The lowest BCUT2D eigenvalue weighted by atomic mass is 10.1. The fourth-order valence-corrected chi connectivity index (χ4v) is 2.49. The second-order valence-corrected chi connectivity index (χ2v) is 5.60. The molecule has 0 bridgehead atoms. The summed E-state index contributed by atoms with van der Waals surface area (Å²) in [6.45, 7) is 2.01. The Labute approximate surface area is 126 Å². The number of anilines is 2. The molecule has 2 aromatic rings. The number of para-hydroxylation sites is 1. The summed E-state index contributed by atoms with van der Waals surface area (Å²) in [7, 11) is 0. The maximum Gasteiger partial charge on any atom is 0.104 e. The van der Waals surface area contributed by atoms with Gasteiger partial charge in [-0.25, -0.2) is 0 Å². The molecule has 18 heavy (non-hydrogen) atoms. The van der Waals surface area contributed by atoms with Crippen molar-refractivity contribution < 1.29 is 0 Å². The van der Waals surface area contributed by atoms with E-state index in [1.807, 2.05) is 31.2 Å². The molecular formula is C14H13IN2S. The maximum absolute atomic E-state index is 5.65. The molecule has 2 nitrogen and oxygen atoms in total. The van der Waals surface area contributed by atoms with Crippen molar-refractivity contribution >= 4 is 51.2 Å². The summed E-state index contributed by atoms with van der Waals surface area (Å²) >= 11 is 7.31. The number of nitrogens with one attached hydrogen (secondary N) is 1.